The summed E-state index contributed by atoms with van der Waals surface area (Å²) in [6, 6.07) is 6.14. The first-order valence-corrected chi connectivity index (χ1v) is 11.9. The van der Waals surface area contributed by atoms with Crippen molar-refractivity contribution >= 4 is 38.3 Å². The summed E-state index contributed by atoms with van der Waals surface area (Å²) in [5, 5.41) is 12.7. The summed E-state index contributed by atoms with van der Waals surface area (Å²) in [4.78, 5) is 17.1. The topological polar surface area (TPSA) is 133 Å². The maximum Gasteiger partial charge on any atom is 0.257 e. The van der Waals surface area contributed by atoms with E-state index < -0.39 is 16.1 Å². The fraction of sp³-hybridized carbons (Fsp3) is 0.227. The molecule has 0 aliphatic carbocycles. The van der Waals surface area contributed by atoms with E-state index >= 15 is 0 Å². The van der Waals surface area contributed by atoms with Crippen molar-refractivity contribution in [2.24, 2.45) is 12.2 Å². The Bertz CT molecular complexity index is 1560. The third-order valence-electron chi connectivity index (χ3n) is 5.29. The lowest BCUT2D eigenvalue weighted by Gasteiger charge is -2.19. The molecule has 1 atom stereocenters. The lowest BCUT2D eigenvalue weighted by atomic mass is 9.99. The molecule has 0 radical (unpaired) electrons. The Morgan fingerprint density at radius 3 is 2.61 bits per heavy atom. The fourth-order valence-corrected chi connectivity index (χ4v) is 4.62. The van der Waals surface area contributed by atoms with Gasteiger partial charge in [-0.25, -0.2) is 18.5 Å². The van der Waals surface area contributed by atoms with Crippen LogP contribution < -0.4 is 15.9 Å². The number of aromatic nitrogens is 3. The van der Waals surface area contributed by atoms with Gasteiger partial charge in [0, 0.05) is 24.4 Å². The molecule has 4 rings (SSSR count). The SMILES string of the molecule is Cc1cc(C(C)Nc2ccc(Cl)nc2S(N)(=O)=O)c2oc(-c3cnn(C)c3)c(C)c(=O)c2c1. The zero-order valence-corrected chi connectivity index (χ0v) is 20.0. The van der Waals surface area contributed by atoms with Crippen molar-refractivity contribution in [2.75, 3.05) is 5.32 Å². The molecule has 11 heteroatoms. The van der Waals surface area contributed by atoms with Gasteiger partial charge in [-0.15, -0.1) is 0 Å². The lowest BCUT2D eigenvalue weighted by Crippen LogP contribution is -2.18. The van der Waals surface area contributed by atoms with Crippen LogP contribution in [0.15, 0.2) is 50.9 Å². The van der Waals surface area contributed by atoms with Crippen molar-refractivity contribution in [2.45, 2.75) is 31.8 Å². The van der Waals surface area contributed by atoms with Crippen LogP contribution in [-0.4, -0.2) is 23.2 Å². The molecule has 3 N–H and O–H groups in total. The van der Waals surface area contributed by atoms with Gasteiger partial charge >= 0.3 is 0 Å². The molecule has 0 spiro atoms. The normalized spacial score (nSPS) is 12.8. The van der Waals surface area contributed by atoms with Crippen LogP contribution in [0.25, 0.3) is 22.3 Å². The molecular formula is C22H22ClN5O4S. The van der Waals surface area contributed by atoms with Gasteiger partial charge < -0.3 is 9.73 Å². The van der Waals surface area contributed by atoms with Crippen LogP contribution in [0.2, 0.25) is 5.15 Å². The summed E-state index contributed by atoms with van der Waals surface area (Å²) < 4.78 is 31.9. The van der Waals surface area contributed by atoms with E-state index in [1.165, 1.54) is 12.1 Å². The molecule has 0 bridgehead atoms. The molecule has 1 aromatic carbocycles. The molecule has 172 valence electrons. The number of pyridine rings is 1. The molecule has 3 heterocycles. The number of hydrogen-bond donors (Lipinski definition) is 2. The second-order valence-corrected chi connectivity index (χ2v) is 9.78. The molecular weight excluding hydrogens is 466 g/mol. The average molecular weight is 488 g/mol. The standard InChI is InChI=1S/C22H22ClN5O4S/c1-11-7-15(13(3)26-17-5-6-18(23)27-22(17)33(24,30)31)21-16(8-11)19(29)12(2)20(32-21)14-9-25-28(4)10-14/h5-10,13,26H,1-4H3,(H2,24,30,31). The summed E-state index contributed by atoms with van der Waals surface area (Å²) in [5.41, 5.74) is 3.12. The van der Waals surface area contributed by atoms with Crippen molar-refractivity contribution in [1.29, 1.82) is 0 Å². The lowest BCUT2D eigenvalue weighted by molar-refractivity contribution is 0.594. The number of hydrogen-bond acceptors (Lipinski definition) is 7. The molecule has 4 aromatic rings. The molecule has 33 heavy (non-hydrogen) atoms. The third kappa shape index (κ3) is 4.37. The van der Waals surface area contributed by atoms with Gasteiger partial charge in [0.25, 0.3) is 10.0 Å². The first kappa shape index (κ1) is 23.0. The molecule has 0 saturated carbocycles. The highest BCUT2D eigenvalue weighted by atomic mass is 35.5. The Morgan fingerprint density at radius 2 is 1.97 bits per heavy atom. The molecule has 0 aliphatic rings. The highest BCUT2D eigenvalue weighted by Gasteiger charge is 2.22. The number of nitrogens with zero attached hydrogens (tertiary/aromatic N) is 3. The van der Waals surface area contributed by atoms with Gasteiger partial charge in [0.15, 0.2) is 10.5 Å². The molecule has 0 amide bonds. The van der Waals surface area contributed by atoms with E-state index in [1.807, 2.05) is 19.9 Å². The highest BCUT2D eigenvalue weighted by Crippen LogP contribution is 2.33. The van der Waals surface area contributed by atoms with Gasteiger partial charge in [0.05, 0.1) is 28.9 Å². The minimum atomic E-state index is -4.13. The monoisotopic (exact) mass is 487 g/mol. The smallest absolute Gasteiger partial charge is 0.257 e. The molecule has 0 fully saturated rings. The van der Waals surface area contributed by atoms with Crippen molar-refractivity contribution in [3.05, 3.63) is 68.7 Å². The molecule has 9 nitrogen and oxygen atoms in total. The van der Waals surface area contributed by atoms with Crippen LogP contribution >= 0.6 is 11.6 Å². The van der Waals surface area contributed by atoms with Gasteiger partial charge in [-0.3, -0.25) is 9.48 Å². The van der Waals surface area contributed by atoms with Crippen molar-refractivity contribution < 1.29 is 12.8 Å². The zero-order valence-electron chi connectivity index (χ0n) is 18.4. The minimum absolute atomic E-state index is 0.000757. The molecule has 0 aliphatic heterocycles. The first-order chi connectivity index (χ1) is 15.5. The number of sulfonamides is 1. The van der Waals surface area contributed by atoms with Crippen LogP contribution in [0, 0.1) is 13.8 Å². The average Bonchev–Trinajstić information content (AvgIpc) is 3.17. The van der Waals surface area contributed by atoms with E-state index in [0.717, 1.165) is 5.56 Å². The number of benzene rings is 1. The Kier molecular flexibility index (Phi) is 5.77. The molecule has 1 unspecified atom stereocenters. The summed E-state index contributed by atoms with van der Waals surface area (Å²) >= 11 is 5.87. The fourth-order valence-electron chi connectivity index (χ4n) is 3.76. The largest absolute Gasteiger partial charge is 0.455 e. The second-order valence-electron chi connectivity index (χ2n) is 7.92. The summed E-state index contributed by atoms with van der Waals surface area (Å²) in [5.74, 6) is 0.427. The van der Waals surface area contributed by atoms with E-state index in [9.17, 15) is 13.2 Å². The van der Waals surface area contributed by atoms with E-state index in [4.69, 9.17) is 21.2 Å². The summed E-state index contributed by atoms with van der Waals surface area (Å²) in [7, 11) is -2.35. The van der Waals surface area contributed by atoms with E-state index in [1.54, 1.807) is 37.1 Å². The van der Waals surface area contributed by atoms with Crippen molar-refractivity contribution in [1.82, 2.24) is 14.8 Å². The first-order valence-electron chi connectivity index (χ1n) is 9.98. The Hall–Kier alpha value is -3.21. The number of rotatable bonds is 5. The maximum atomic E-state index is 13.2. The van der Waals surface area contributed by atoms with E-state index in [2.05, 4.69) is 15.4 Å². The van der Waals surface area contributed by atoms with Crippen LogP contribution in [0.1, 0.15) is 29.7 Å². The number of nitrogens with one attached hydrogen (secondary N) is 1. The number of aryl methyl sites for hydroxylation is 2. The van der Waals surface area contributed by atoms with Crippen molar-refractivity contribution in [3.8, 4) is 11.3 Å². The maximum absolute atomic E-state index is 13.2. The molecule has 0 saturated heterocycles. The van der Waals surface area contributed by atoms with E-state index in [0.29, 0.717) is 33.4 Å². The number of fused-ring (bicyclic) bond motifs is 1. The van der Waals surface area contributed by atoms with Crippen LogP contribution in [-0.2, 0) is 17.1 Å². The number of nitrogens with two attached hydrogens (primary N) is 1. The van der Waals surface area contributed by atoms with Gasteiger partial charge in [-0.05, 0) is 44.5 Å². The Labute approximate surface area is 195 Å². The van der Waals surface area contributed by atoms with Gasteiger partial charge in [0.1, 0.15) is 16.5 Å². The zero-order chi connectivity index (χ0) is 24.1. The van der Waals surface area contributed by atoms with Crippen LogP contribution in [0.4, 0.5) is 5.69 Å². The highest BCUT2D eigenvalue weighted by molar-refractivity contribution is 7.89. The van der Waals surface area contributed by atoms with Crippen LogP contribution in [0.5, 0.6) is 0 Å². The van der Waals surface area contributed by atoms with Gasteiger partial charge in [0.2, 0.25) is 0 Å². The van der Waals surface area contributed by atoms with E-state index in [-0.39, 0.29) is 21.3 Å². The van der Waals surface area contributed by atoms with Gasteiger partial charge in [-0.2, -0.15) is 5.10 Å². The quantitative estimate of drug-likeness (QED) is 0.410. The van der Waals surface area contributed by atoms with Crippen LogP contribution in [0.3, 0.4) is 0 Å². The van der Waals surface area contributed by atoms with Gasteiger partial charge in [-0.1, -0.05) is 17.7 Å². The minimum Gasteiger partial charge on any atom is -0.455 e. The predicted octanol–water partition coefficient (Wildman–Crippen LogP) is 3.68. The number of halogens is 1. The number of anilines is 1. The molecule has 3 aromatic heterocycles. The second kappa shape index (κ2) is 8.29. The Balaban J connectivity index is 1.89. The Morgan fingerprint density at radius 1 is 1.24 bits per heavy atom. The van der Waals surface area contributed by atoms with Crippen molar-refractivity contribution in [3.63, 3.8) is 0 Å². The summed E-state index contributed by atoms with van der Waals surface area (Å²) in [6.45, 7) is 5.41. The number of primary sulfonamides is 1. The predicted molar refractivity (Wildman–Crippen MR) is 127 cm³/mol. The summed E-state index contributed by atoms with van der Waals surface area (Å²) in [6.07, 6.45) is 3.40. The third-order valence-corrected chi connectivity index (χ3v) is 6.35.